The molecule has 4 aromatic rings. The minimum absolute atomic E-state index is 0.156. The molecule has 9 heteroatoms. The van der Waals surface area contributed by atoms with E-state index in [2.05, 4.69) is 14.7 Å². The molecule has 7 nitrogen and oxygen atoms in total. The molecule has 2 aromatic heterocycles. The molecule has 0 radical (unpaired) electrons. The number of rotatable bonds is 6. The second-order valence-corrected chi connectivity index (χ2v) is 8.07. The molecule has 0 saturated carbocycles. The van der Waals surface area contributed by atoms with Gasteiger partial charge in [0, 0.05) is 24.1 Å². The zero-order valence-electron chi connectivity index (χ0n) is 15.9. The van der Waals surface area contributed by atoms with Crippen LogP contribution in [0.3, 0.4) is 0 Å². The van der Waals surface area contributed by atoms with Crippen LogP contribution in [0, 0.1) is 12.7 Å². The number of nitrogens with one attached hydrogen (secondary N) is 1. The van der Waals surface area contributed by atoms with Crippen molar-refractivity contribution in [3.05, 3.63) is 90.8 Å². The first-order valence-electron chi connectivity index (χ1n) is 8.94. The third-order valence-electron chi connectivity index (χ3n) is 4.11. The van der Waals surface area contributed by atoms with E-state index in [4.69, 9.17) is 4.74 Å². The van der Waals surface area contributed by atoms with Crippen LogP contribution in [0.1, 0.15) is 5.82 Å². The molecular weight excluding hydrogens is 407 g/mol. The van der Waals surface area contributed by atoms with E-state index in [0.29, 0.717) is 29.0 Å². The lowest BCUT2D eigenvalue weighted by molar-refractivity contribution is 0.459. The van der Waals surface area contributed by atoms with Crippen LogP contribution in [0.2, 0.25) is 0 Å². The Bertz CT molecular complexity index is 1270. The zero-order chi connectivity index (χ0) is 21.1. The lowest BCUT2D eigenvalue weighted by Crippen LogP contribution is -2.13. The van der Waals surface area contributed by atoms with E-state index in [9.17, 15) is 12.8 Å². The van der Waals surface area contributed by atoms with Crippen molar-refractivity contribution in [3.8, 4) is 17.4 Å². The van der Waals surface area contributed by atoms with Gasteiger partial charge in [-0.05, 0) is 61.5 Å². The van der Waals surface area contributed by atoms with Gasteiger partial charge in [-0.3, -0.25) is 4.72 Å². The van der Waals surface area contributed by atoms with Gasteiger partial charge < -0.3 is 9.30 Å². The molecule has 2 aromatic carbocycles. The van der Waals surface area contributed by atoms with Crippen LogP contribution in [0.15, 0.2) is 84.0 Å². The van der Waals surface area contributed by atoms with Gasteiger partial charge in [0.25, 0.3) is 10.0 Å². The molecule has 0 atom stereocenters. The highest BCUT2D eigenvalue weighted by molar-refractivity contribution is 7.92. The lowest BCUT2D eigenvalue weighted by atomic mass is 10.3. The summed E-state index contributed by atoms with van der Waals surface area (Å²) < 4.78 is 48.1. The fraction of sp³-hybridized carbons (Fsp3) is 0.0476. The van der Waals surface area contributed by atoms with Gasteiger partial charge in [0.15, 0.2) is 0 Å². The number of ether oxygens (including phenoxy) is 1. The van der Waals surface area contributed by atoms with Crippen molar-refractivity contribution >= 4 is 15.7 Å². The third kappa shape index (κ3) is 4.47. The molecule has 0 fully saturated rings. The minimum atomic E-state index is -3.90. The molecule has 0 amide bonds. The van der Waals surface area contributed by atoms with Gasteiger partial charge in [0.2, 0.25) is 5.88 Å². The Kier molecular flexibility index (Phi) is 5.20. The van der Waals surface area contributed by atoms with Gasteiger partial charge in [0.1, 0.15) is 23.2 Å². The average molecular weight is 424 g/mol. The Morgan fingerprint density at radius 2 is 1.70 bits per heavy atom. The van der Waals surface area contributed by atoms with Crippen LogP contribution < -0.4 is 9.46 Å². The van der Waals surface area contributed by atoms with Gasteiger partial charge in [-0.1, -0.05) is 6.07 Å². The SMILES string of the molecule is Cc1nc(Oc2ccc(NS(=O)(=O)c3cccc(F)c3)cc2)cc(-n2cccc2)n1. The highest BCUT2D eigenvalue weighted by atomic mass is 32.2. The summed E-state index contributed by atoms with van der Waals surface area (Å²) in [6, 6.07) is 16.6. The van der Waals surface area contributed by atoms with Crippen LogP contribution in [0.25, 0.3) is 5.82 Å². The van der Waals surface area contributed by atoms with E-state index in [0.717, 1.165) is 6.07 Å². The summed E-state index contributed by atoms with van der Waals surface area (Å²) in [7, 11) is -3.90. The fourth-order valence-electron chi connectivity index (χ4n) is 2.76. The van der Waals surface area contributed by atoms with Crippen molar-refractivity contribution in [2.75, 3.05) is 4.72 Å². The number of aromatic nitrogens is 3. The number of hydrogen-bond acceptors (Lipinski definition) is 5. The molecule has 0 aliphatic rings. The third-order valence-corrected chi connectivity index (χ3v) is 5.48. The first-order chi connectivity index (χ1) is 14.4. The van der Waals surface area contributed by atoms with Crippen molar-refractivity contribution in [3.63, 3.8) is 0 Å². The smallest absolute Gasteiger partial charge is 0.261 e. The van der Waals surface area contributed by atoms with Crippen molar-refractivity contribution in [2.45, 2.75) is 11.8 Å². The Labute approximate surface area is 172 Å². The first-order valence-corrected chi connectivity index (χ1v) is 10.4. The summed E-state index contributed by atoms with van der Waals surface area (Å²) in [6.07, 6.45) is 3.73. The van der Waals surface area contributed by atoms with Crippen LogP contribution in [0.4, 0.5) is 10.1 Å². The number of nitrogens with zero attached hydrogens (tertiary/aromatic N) is 3. The van der Waals surface area contributed by atoms with Gasteiger partial charge in [-0.15, -0.1) is 0 Å². The molecule has 30 heavy (non-hydrogen) atoms. The number of anilines is 1. The maximum Gasteiger partial charge on any atom is 0.261 e. The number of aryl methyl sites for hydroxylation is 1. The summed E-state index contributed by atoms with van der Waals surface area (Å²) in [6.45, 7) is 1.77. The molecule has 2 heterocycles. The molecule has 1 N–H and O–H groups in total. The fourth-order valence-corrected chi connectivity index (χ4v) is 3.85. The summed E-state index contributed by atoms with van der Waals surface area (Å²) >= 11 is 0. The summed E-state index contributed by atoms with van der Waals surface area (Å²) in [5.41, 5.74) is 0.318. The first kappa shape index (κ1) is 19.6. The number of halogens is 1. The zero-order valence-corrected chi connectivity index (χ0v) is 16.7. The Morgan fingerprint density at radius 3 is 2.40 bits per heavy atom. The predicted molar refractivity (Wildman–Crippen MR) is 110 cm³/mol. The Balaban J connectivity index is 1.51. The van der Waals surface area contributed by atoms with Crippen molar-refractivity contribution < 1.29 is 17.5 Å². The Hall–Kier alpha value is -3.72. The van der Waals surface area contributed by atoms with Crippen molar-refractivity contribution in [1.29, 1.82) is 0 Å². The largest absolute Gasteiger partial charge is 0.439 e. The van der Waals surface area contributed by atoms with Crippen LogP contribution in [-0.2, 0) is 10.0 Å². The molecular formula is C21H17FN4O3S. The second kappa shape index (κ2) is 7.96. The molecule has 0 bridgehead atoms. The van der Waals surface area contributed by atoms with Crippen LogP contribution in [-0.4, -0.2) is 23.0 Å². The minimum Gasteiger partial charge on any atom is -0.439 e. The molecule has 0 unspecified atom stereocenters. The topological polar surface area (TPSA) is 86.1 Å². The van der Waals surface area contributed by atoms with Gasteiger partial charge >= 0.3 is 0 Å². The predicted octanol–water partition coefficient (Wildman–Crippen LogP) is 4.31. The molecule has 0 aliphatic heterocycles. The maximum absolute atomic E-state index is 13.3. The van der Waals surface area contributed by atoms with Gasteiger partial charge in [-0.25, -0.2) is 17.8 Å². The standard InChI is InChI=1S/C21H17FN4O3S/c1-15-23-20(26-11-2-3-12-26)14-21(24-15)29-18-9-7-17(8-10-18)25-30(27,28)19-6-4-5-16(22)13-19/h2-14,25H,1H3. The summed E-state index contributed by atoms with van der Waals surface area (Å²) in [5.74, 6) is 1.43. The second-order valence-electron chi connectivity index (χ2n) is 6.39. The van der Waals surface area contributed by atoms with Crippen LogP contribution in [0.5, 0.6) is 11.6 Å². The highest BCUT2D eigenvalue weighted by Gasteiger charge is 2.15. The van der Waals surface area contributed by atoms with Crippen molar-refractivity contribution in [2.24, 2.45) is 0 Å². The van der Waals surface area contributed by atoms with Gasteiger partial charge in [0.05, 0.1) is 4.90 Å². The van der Waals surface area contributed by atoms with E-state index in [-0.39, 0.29) is 4.90 Å². The molecule has 0 spiro atoms. The highest BCUT2D eigenvalue weighted by Crippen LogP contribution is 2.24. The lowest BCUT2D eigenvalue weighted by Gasteiger charge is -2.10. The van der Waals surface area contributed by atoms with E-state index < -0.39 is 15.8 Å². The number of hydrogen-bond donors (Lipinski definition) is 1. The maximum atomic E-state index is 13.3. The summed E-state index contributed by atoms with van der Waals surface area (Å²) in [5, 5.41) is 0. The molecule has 152 valence electrons. The van der Waals surface area contributed by atoms with E-state index >= 15 is 0 Å². The molecule has 0 saturated heterocycles. The molecule has 4 rings (SSSR count). The molecule has 0 aliphatic carbocycles. The number of benzene rings is 2. The Morgan fingerprint density at radius 1 is 0.967 bits per heavy atom. The van der Waals surface area contributed by atoms with E-state index in [1.54, 1.807) is 37.3 Å². The normalized spacial score (nSPS) is 11.3. The quantitative estimate of drug-likeness (QED) is 0.499. The average Bonchev–Trinajstić information content (AvgIpc) is 3.24. The van der Waals surface area contributed by atoms with Crippen LogP contribution >= 0.6 is 0 Å². The van der Waals surface area contributed by atoms with E-state index in [1.165, 1.54) is 18.2 Å². The van der Waals surface area contributed by atoms with Gasteiger partial charge in [-0.2, -0.15) is 4.98 Å². The number of sulfonamides is 1. The summed E-state index contributed by atoms with van der Waals surface area (Å²) in [4.78, 5) is 8.50. The van der Waals surface area contributed by atoms with E-state index in [1.807, 2.05) is 29.1 Å². The van der Waals surface area contributed by atoms with Crippen molar-refractivity contribution in [1.82, 2.24) is 14.5 Å². The monoisotopic (exact) mass is 424 g/mol.